The summed E-state index contributed by atoms with van der Waals surface area (Å²) in [4.78, 5) is 1.73. The van der Waals surface area contributed by atoms with Crippen LogP contribution in [0.3, 0.4) is 0 Å². The van der Waals surface area contributed by atoms with E-state index < -0.39 is 9.84 Å². The van der Waals surface area contributed by atoms with Crippen LogP contribution in [0.15, 0.2) is 18.2 Å². The lowest BCUT2D eigenvalue weighted by Crippen LogP contribution is -2.37. The van der Waals surface area contributed by atoms with Gasteiger partial charge in [-0.2, -0.15) is 0 Å². The maximum Gasteiger partial charge on any atom is 0.174 e. The van der Waals surface area contributed by atoms with Crippen LogP contribution in [0.2, 0.25) is 10.0 Å². The number of benzene rings is 1. The van der Waals surface area contributed by atoms with E-state index in [4.69, 9.17) is 35.4 Å². The van der Waals surface area contributed by atoms with Crippen molar-refractivity contribution in [3.8, 4) is 0 Å². The summed E-state index contributed by atoms with van der Waals surface area (Å²) in [5.41, 5.74) is 0.577. The molecule has 8 heteroatoms. The van der Waals surface area contributed by atoms with Crippen LogP contribution in [-0.4, -0.2) is 37.1 Å². The summed E-state index contributed by atoms with van der Waals surface area (Å²) in [7, 11) is -3.05. The van der Waals surface area contributed by atoms with Gasteiger partial charge in [-0.25, -0.2) is 8.42 Å². The molecule has 3 rings (SSSR count). The number of rotatable bonds is 1. The van der Waals surface area contributed by atoms with E-state index in [1.165, 1.54) is 0 Å². The normalized spacial score (nSPS) is 28.3. The van der Waals surface area contributed by atoms with Crippen molar-refractivity contribution in [2.24, 2.45) is 0 Å². The van der Waals surface area contributed by atoms with E-state index in [1.54, 1.807) is 23.1 Å². The number of hydrogen-bond donors (Lipinski definition) is 1. The van der Waals surface area contributed by atoms with E-state index >= 15 is 0 Å². The molecule has 1 aromatic rings. The van der Waals surface area contributed by atoms with Gasteiger partial charge in [0.1, 0.15) is 0 Å². The molecule has 2 saturated heterocycles. The third kappa shape index (κ3) is 2.20. The fraction of sp³-hybridized carbons (Fsp3) is 0.364. The van der Waals surface area contributed by atoms with Crippen molar-refractivity contribution in [3.63, 3.8) is 0 Å². The molecule has 1 N–H and O–H groups in total. The smallest absolute Gasteiger partial charge is 0.174 e. The predicted molar refractivity (Wildman–Crippen MR) is 80.9 cm³/mol. The lowest BCUT2D eigenvalue weighted by molar-refractivity contribution is 0.600. The van der Waals surface area contributed by atoms with Gasteiger partial charge in [-0.05, 0) is 24.4 Å². The van der Waals surface area contributed by atoms with Crippen molar-refractivity contribution in [1.82, 2.24) is 5.32 Å². The fourth-order valence-electron chi connectivity index (χ4n) is 2.59. The minimum atomic E-state index is -3.05. The number of para-hydroxylation sites is 1. The first-order valence-corrected chi connectivity index (χ1v) is 8.62. The zero-order valence-electron chi connectivity index (χ0n) is 9.64. The maximum atomic E-state index is 11.7. The molecule has 2 aliphatic rings. The van der Waals surface area contributed by atoms with Gasteiger partial charge in [0, 0.05) is 0 Å². The molecule has 0 aliphatic carbocycles. The molecule has 0 amide bonds. The summed E-state index contributed by atoms with van der Waals surface area (Å²) in [6.07, 6.45) is 0. The Labute approximate surface area is 126 Å². The average Bonchev–Trinajstić information content (AvgIpc) is 2.71. The zero-order valence-corrected chi connectivity index (χ0v) is 12.8. The van der Waals surface area contributed by atoms with Gasteiger partial charge in [0.15, 0.2) is 14.9 Å². The van der Waals surface area contributed by atoms with E-state index in [9.17, 15) is 8.42 Å². The largest absolute Gasteiger partial charge is 0.356 e. The highest BCUT2D eigenvalue weighted by molar-refractivity contribution is 7.91. The Morgan fingerprint density at radius 1 is 1.26 bits per heavy atom. The van der Waals surface area contributed by atoms with E-state index in [-0.39, 0.29) is 23.6 Å². The minimum Gasteiger partial charge on any atom is -0.356 e. The molecular weight excluding hydrogens is 327 g/mol. The molecule has 2 atom stereocenters. The van der Waals surface area contributed by atoms with Gasteiger partial charge in [0.25, 0.3) is 0 Å². The van der Waals surface area contributed by atoms with Crippen LogP contribution >= 0.6 is 35.4 Å². The molecule has 0 unspecified atom stereocenters. The van der Waals surface area contributed by atoms with Crippen LogP contribution in [0.4, 0.5) is 5.69 Å². The highest BCUT2D eigenvalue weighted by Crippen LogP contribution is 2.38. The Hall–Kier alpha value is -0.560. The monoisotopic (exact) mass is 336 g/mol. The summed E-state index contributed by atoms with van der Waals surface area (Å²) in [5, 5.41) is 4.43. The number of nitrogens with zero attached hydrogens (tertiary/aromatic N) is 1. The average molecular weight is 337 g/mol. The molecule has 2 aliphatic heterocycles. The topological polar surface area (TPSA) is 49.4 Å². The number of nitrogens with one attached hydrogen (secondary N) is 1. The number of halogens is 2. The van der Waals surface area contributed by atoms with Crippen LogP contribution in [-0.2, 0) is 9.84 Å². The molecule has 0 saturated carbocycles. The van der Waals surface area contributed by atoms with Crippen molar-refractivity contribution in [2.75, 3.05) is 16.4 Å². The van der Waals surface area contributed by atoms with Crippen molar-refractivity contribution < 1.29 is 8.42 Å². The molecule has 1 aromatic carbocycles. The molecule has 102 valence electrons. The summed E-state index contributed by atoms with van der Waals surface area (Å²) in [5.74, 6) is 0.155. The number of thiocarbonyl (C=S) groups is 1. The third-order valence-electron chi connectivity index (χ3n) is 3.36. The first-order valence-electron chi connectivity index (χ1n) is 5.63. The molecule has 4 nitrogen and oxygen atoms in total. The Bertz CT molecular complexity index is 642. The SMILES string of the molecule is O=S1(=O)C[C@@H]2[C@@H](C1)NC(=S)N2c1c(Cl)cccc1Cl. The van der Waals surface area contributed by atoms with Gasteiger partial charge in [-0.15, -0.1) is 0 Å². The maximum absolute atomic E-state index is 11.7. The second kappa shape index (κ2) is 4.48. The van der Waals surface area contributed by atoms with E-state index in [0.29, 0.717) is 20.8 Å². The van der Waals surface area contributed by atoms with Crippen molar-refractivity contribution in [2.45, 2.75) is 12.1 Å². The Kier molecular flexibility index (Phi) is 3.16. The van der Waals surface area contributed by atoms with E-state index in [1.807, 2.05) is 0 Å². The lowest BCUT2D eigenvalue weighted by atomic mass is 10.1. The first-order chi connectivity index (χ1) is 8.89. The summed E-state index contributed by atoms with van der Waals surface area (Å²) >= 11 is 17.6. The van der Waals surface area contributed by atoms with Gasteiger partial charge in [0.2, 0.25) is 0 Å². The molecule has 0 spiro atoms. The van der Waals surface area contributed by atoms with E-state index in [2.05, 4.69) is 5.32 Å². The first kappa shape index (κ1) is 13.4. The number of hydrogen-bond acceptors (Lipinski definition) is 3. The standard InChI is InChI=1S/C11H10Cl2N2O2S2/c12-6-2-1-3-7(13)10(6)15-9-5-19(16,17)4-8(9)14-11(15)18/h1-3,8-9H,4-5H2,(H,14,18)/t8-,9-/m1/s1. The molecule has 2 heterocycles. The quantitative estimate of drug-likeness (QED) is 0.793. The summed E-state index contributed by atoms with van der Waals surface area (Å²) in [6, 6.07) is 4.73. The summed E-state index contributed by atoms with van der Waals surface area (Å²) in [6.45, 7) is 0. The van der Waals surface area contributed by atoms with Crippen LogP contribution in [0.1, 0.15) is 0 Å². The van der Waals surface area contributed by atoms with Crippen molar-refractivity contribution in [1.29, 1.82) is 0 Å². The number of fused-ring (bicyclic) bond motifs is 1. The molecule has 0 radical (unpaired) electrons. The van der Waals surface area contributed by atoms with Crippen LogP contribution in [0.5, 0.6) is 0 Å². The summed E-state index contributed by atoms with van der Waals surface area (Å²) < 4.78 is 23.4. The van der Waals surface area contributed by atoms with E-state index in [0.717, 1.165) is 0 Å². The molecule has 0 aromatic heterocycles. The highest BCUT2D eigenvalue weighted by Gasteiger charge is 2.48. The molecule has 0 bridgehead atoms. The van der Waals surface area contributed by atoms with Crippen molar-refractivity contribution >= 4 is 56.1 Å². The Morgan fingerprint density at radius 2 is 1.89 bits per heavy atom. The Balaban J connectivity index is 2.07. The van der Waals surface area contributed by atoms with Gasteiger partial charge < -0.3 is 10.2 Å². The van der Waals surface area contributed by atoms with Crippen LogP contribution < -0.4 is 10.2 Å². The number of sulfone groups is 1. The van der Waals surface area contributed by atoms with Crippen molar-refractivity contribution in [3.05, 3.63) is 28.2 Å². The highest BCUT2D eigenvalue weighted by atomic mass is 35.5. The predicted octanol–water partition coefficient (Wildman–Crippen LogP) is 1.85. The third-order valence-corrected chi connectivity index (χ3v) is 6.00. The second-order valence-corrected chi connectivity index (χ2v) is 8.00. The molecular formula is C11H10Cl2N2O2S2. The zero-order chi connectivity index (χ0) is 13.8. The molecule has 2 fully saturated rings. The molecule has 19 heavy (non-hydrogen) atoms. The van der Waals surface area contributed by atoms with Crippen LogP contribution in [0.25, 0.3) is 0 Å². The number of anilines is 1. The fourth-order valence-corrected chi connectivity index (χ4v) is 5.43. The minimum absolute atomic E-state index is 0.0619. The lowest BCUT2D eigenvalue weighted by Gasteiger charge is -2.25. The van der Waals surface area contributed by atoms with Crippen LogP contribution in [0, 0.1) is 0 Å². The van der Waals surface area contributed by atoms with Gasteiger partial charge in [0.05, 0.1) is 39.3 Å². The van der Waals surface area contributed by atoms with Gasteiger partial charge >= 0.3 is 0 Å². The second-order valence-electron chi connectivity index (χ2n) is 4.64. The van der Waals surface area contributed by atoms with Gasteiger partial charge in [-0.3, -0.25) is 0 Å². The van der Waals surface area contributed by atoms with Gasteiger partial charge in [-0.1, -0.05) is 29.3 Å². The Morgan fingerprint density at radius 3 is 2.53 bits per heavy atom.